The summed E-state index contributed by atoms with van der Waals surface area (Å²) in [7, 11) is 1.75. The molecule has 2 fully saturated rings. The summed E-state index contributed by atoms with van der Waals surface area (Å²) in [5.41, 5.74) is 1.78. The quantitative estimate of drug-likeness (QED) is 0.842. The smallest absolute Gasteiger partial charge is 0.142 e. The van der Waals surface area contributed by atoms with Gasteiger partial charge in [0.1, 0.15) is 5.75 Å². The van der Waals surface area contributed by atoms with Crippen molar-refractivity contribution in [1.29, 1.82) is 0 Å². The maximum Gasteiger partial charge on any atom is 0.142 e. The van der Waals surface area contributed by atoms with Crippen molar-refractivity contribution in [3.8, 4) is 5.75 Å². The number of methoxy groups -OCH3 is 1. The molecule has 2 saturated heterocycles. The minimum Gasteiger partial charge on any atom is -0.495 e. The van der Waals surface area contributed by atoms with Crippen molar-refractivity contribution in [1.82, 2.24) is 5.32 Å². The first kappa shape index (κ1) is 10.9. The normalized spacial score (nSPS) is 22.3. The average molecular weight is 232 g/mol. The summed E-state index contributed by atoms with van der Waals surface area (Å²) in [4.78, 5) is 2.49. The molecule has 0 aromatic heterocycles. The van der Waals surface area contributed by atoms with Crippen molar-refractivity contribution >= 4 is 5.69 Å². The summed E-state index contributed by atoms with van der Waals surface area (Å²) in [5.74, 6) is 0.997. The first-order valence-electron chi connectivity index (χ1n) is 6.42. The molecule has 3 rings (SSSR count). The molecule has 1 aromatic rings. The Morgan fingerprint density at radius 2 is 2.12 bits per heavy atom. The molecule has 0 aliphatic carbocycles. The van der Waals surface area contributed by atoms with E-state index in [1.165, 1.54) is 38.2 Å². The van der Waals surface area contributed by atoms with Crippen LogP contribution in [-0.4, -0.2) is 33.3 Å². The first-order chi connectivity index (χ1) is 8.33. The van der Waals surface area contributed by atoms with E-state index in [4.69, 9.17) is 4.74 Å². The van der Waals surface area contributed by atoms with Crippen LogP contribution in [0.5, 0.6) is 5.75 Å². The second kappa shape index (κ2) is 4.22. The maximum atomic E-state index is 5.46. The predicted molar refractivity (Wildman–Crippen MR) is 69.7 cm³/mol. The lowest BCUT2D eigenvalue weighted by atomic mass is 9.75. The summed E-state index contributed by atoms with van der Waals surface area (Å²) in [6.45, 7) is 4.68. The number of benzene rings is 1. The second-order valence-corrected chi connectivity index (χ2v) is 5.30. The SMILES string of the molecule is COc1ccccc1N1CCCC2(CNC2)C1. The third-order valence-electron chi connectivity index (χ3n) is 4.09. The number of nitrogens with one attached hydrogen (secondary N) is 1. The van der Waals surface area contributed by atoms with Gasteiger partial charge in [-0.25, -0.2) is 0 Å². The molecule has 17 heavy (non-hydrogen) atoms. The summed E-state index contributed by atoms with van der Waals surface area (Å²) in [6.07, 6.45) is 2.66. The maximum absolute atomic E-state index is 5.46. The van der Waals surface area contributed by atoms with Gasteiger partial charge in [0, 0.05) is 31.6 Å². The molecule has 2 aliphatic heterocycles. The van der Waals surface area contributed by atoms with Gasteiger partial charge in [-0.2, -0.15) is 0 Å². The predicted octanol–water partition coefficient (Wildman–Crippen LogP) is 1.88. The van der Waals surface area contributed by atoms with Gasteiger partial charge in [0.15, 0.2) is 0 Å². The highest BCUT2D eigenvalue weighted by atomic mass is 16.5. The van der Waals surface area contributed by atoms with Gasteiger partial charge in [0.2, 0.25) is 0 Å². The Morgan fingerprint density at radius 3 is 2.82 bits per heavy atom. The van der Waals surface area contributed by atoms with Crippen molar-refractivity contribution in [3.63, 3.8) is 0 Å². The van der Waals surface area contributed by atoms with Crippen LogP contribution in [0.3, 0.4) is 0 Å². The van der Waals surface area contributed by atoms with E-state index < -0.39 is 0 Å². The van der Waals surface area contributed by atoms with Gasteiger partial charge in [-0.3, -0.25) is 0 Å². The van der Waals surface area contributed by atoms with E-state index in [0.717, 1.165) is 12.3 Å². The van der Waals surface area contributed by atoms with E-state index in [1.54, 1.807) is 7.11 Å². The molecule has 1 aromatic carbocycles. The van der Waals surface area contributed by atoms with Crippen molar-refractivity contribution in [2.45, 2.75) is 12.8 Å². The third kappa shape index (κ3) is 1.89. The van der Waals surface area contributed by atoms with Crippen molar-refractivity contribution in [2.24, 2.45) is 5.41 Å². The highest BCUT2D eigenvalue weighted by Gasteiger charge is 2.40. The third-order valence-corrected chi connectivity index (χ3v) is 4.09. The van der Waals surface area contributed by atoms with Gasteiger partial charge in [-0.15, -0.1) is 0 Å². The van der Waals surface area contributed by atoms with Gasteiger partial charge in [0.25, 0.3) is 0 Å². The lowest BCUT2D eigenvalue weighted by molar-refractivity contribution is 0.138. The van der Waals surface area contributed by atoms with E-state index in [0.29, 0.717) is 5.41 Å². The number of ether oxygens (including phenoxy) is 1. The Hall–Kier alpha value is -1.22. The van der Waals surface area contributed by atoms with Crippen LogP contribution in [0, 0.1) is 5.41 Å². The van der Waals surface area contributed by atoms with Crippen LogP contribution in [0.1, 0.15) is 12.8 Å². The molecule has 1 N–H and O–H groups in total. The minimum absolute atomic E-state index is 0.527. The van der Waals surface area contributed by atoms with Crippen LogP contribution in [0.4, 0.5) is 5.69 Å². The Bertz CT molecular complexity index is 401. The van der Waals surface area contributed by atoms with Gasteiger partial charge in [-0.05, 0) is 25.0 Å². The standard InChI is InChI=1S/C14H20N2O/c1-17-13-6-3-2-5-12(13)16-8-4-7-14(11-16)9-15-10-14/h2-3,5-6,15H,4,7-11H2,1H3. The van der Waals surface area contributed by atoms with Crippen LogP contribution >= 0.6 is 0 Å². The van der Waals surface area contributed by atoms with Gasteiger partial charge in [0.05, 0.1) is 12.8 Å². The number of nitrogens with zero attached hydrogens (tertiary/aromatic N) is 1. The van der Waals surface area contributed by atoms with Gasteiger partial charge in [-0.1, -0.05) is 12.1 Å². The molecule has 3 heteroatoms. The highest BCUT2D eigenvalue weighted by molar-refractivity contribution is 5.59. The molecule has 0 atom stereocenters. The molecule has 1 spiro atoms. The Kier molecular flexibility index (Phi) is 2.71. The van der Waals surface area contributed by atoms with Crippen LogP contribution in [0.25, 0.3) is 0 Å². The number of para-hydroxylation sites is 2. The number of rotatable bonds is 2. The van der Waals surface area contributed by atoms with Crippen molar-refractivity contribution in [3.05, 3.63) is 24.3 Å². The topological polar surface area (TPSA) is 24.5 Å². The lowest BCUT2D eigenvalue weighted by Gasteiger charge is -2.50. The number of hydrogen-bond donors (Lipinski definition) is 1. The van der Waals surface area contributed by atoms with Crippen LogP contribution in [-0.2, 0) is 0 Å². The lowest BCUT2D eigenvalue weighted by Crippen LogP contribution is -2.61. The molecule has 2 aliphatic rings. The van der Waals surface area contributed by atoms with E-state index in [-0.39, 0.29) is 0 Å². The largest absolute Gasteiger partial charge is 0.495 e. The summed E-state index contributed by atoms with van der Waals surface area (Å²) in [6, 6.07) is 8.35. The molecule has 2 heterocycles. The zero-order valence-corrected chi connectivity index (χ0v) is 10.4. The molecule has 0 radical (unpaired) electrons. The van der Waals surface area contributed by atoms with E-state index in [2.05, 4.69) is 28.4 Å². The number of anilines is 1. The van der Waals surface area contributed by atoms with Crippen LogP contribution < -0.4 is 15.0 Å². The van der Waals surface area contributed by atoms with Gasteiger partial charge >= 0.3 is 0 Å². The summed E-state index contributed by atoms with van der Waals surface area (Å²) in [5, 5.41) is 3.41. The number of hydrogen-bond acceptors (Lipinski definition) is 3. The molecule has 0 bridgehead atoms. The molecule has 92 valence electrons. The van der Waals surface area contributed by atoms with Crippen molar-refractivity contribution < 1.29 is 4.74 Å². The molecule has 3 nitrogen and oxygen atoms in total. The molecule has 0 saturated carbocycles. The highest BCUT2D eigenvalue weighted by Crippen LogP contribution is 2.38. The Balaban J connectivity index is 1.83. The van der Waals surface area contributed by atoms with Gasteiger partial charge < -0.3 is 15.0 Å². The van der Waals surface area contributed by atoms with Crippen LogP contribution in [0.2, 0.25) is 0 Å². The van der Waals surface area contributed by atoms with E-state index >= 15 is 0 Å². The fourth-order valence-electron chi connectivity index (χ4n) is 3.07. The second-order valence-electron chi connectivity index (χ2n) is 5.30. The zero-order valence-electron chi connectivity index (χ0n) is 10.4. The fourth-order valence-corrected chi connectivity index (χ4v) is 3.07. The monoisotopic (exact) mass is 232 g/mol. The van der Waals surface area contributed by atoms with E-state index in [1.807, 2.05) is 6.07 Å². The Morgan fingerprint density at radius 1 is 1.29 bits per heavy atom. The molecular formula is C14H20N2O. The summed E-state index contributed by atoms with van der Waals surface area (Å²) >= 11 is 0. The molecular weight excluding hydrogens is 212 g/mol. The first-order valence-corrected chi connectivity index (χ1v) is 6.42. The molecule has 0 amide bonds. The molecule has 0 unspecified atom stereocenters. The average Bonchev–Trinajstić information content (AvgIpc) is 2.37. The van der Waals surface area contributed by atoms with Crippen molar-refractivity contribution in [2.75, 3.05) is 38.2 Å². The zero-order chi connectivity index (χ0) is 11.7. The number of piperidine rings is 1. The van der Waals surface area contributed by atoms with E-state index in [9.17, 15) is 0 Å². The Labute approximate surface area is 103 Å². The summed E-state index contributed by atoms with van der Waals surface area (Å²) < 4.78 is 5.46. The fraction of sp³-hybridized carbons (Fsp3) is 0.571. The van der Waals surface area contributed by atoms with Crippen LogP contribution in [0.15, 0.2) is 24.3 Å². The minimum atomic E-state index is 0.527.